The topological polar surface area (TPSA) is 27.3 Å². The smallest absolute Gasteiger partial charge is 0.00309 e. The van der Waals surface area contributed by atoms with Gasteiger partial charge in [0, 0.05) is 0 Å². The third-order valence-electron chi connectivity index (χ3n) is 0. The number of rotatable bonds is 0. The monoisotopic (exact) mass is 187 g/mol. The molecule has 0 aliphatic rings. The summed E-state index contributed by atoms with van der Waals surface area (Å²) in [4.78, 5) is 0. The quantitative estimate of drug-likeness (QED) is 0.474. The molecule has 0 aliphatic heterocycles. The highest BCUT2D eigenvalue weighted by Gasteiger charge is 1.59. The molecule has 0 saturated carbocycles. The first kappa shape index (κ1) is 22.5. The number of nitrogens with one attached hydrogen (secondary N) is 2. The molecule has 11 heavy (non-hydrogen) atoms. The van der Waals surface area contributed by atoms with Gasteiger partial charge in [0.15, 0.2) is 0 Å². The van der Waals surface area contributed by atoms with Gasteiger partial charge < -0.3 is 10.6 Å². The van der Waals surface area contributed by atoms with E-state index < -0.39 is 0 Å². The van der Waals surface area contributed by atoms with Crippen LogP contribution in [0.2, 0.25) is 0 Å². The van der Waals surface area contributed by atoms with E-state index in [2.05, 4.69) is 23.4 Å². The van der Waals surface area contributed by atoms with E-state index in [4.69, 9.17) is 0 Å². The highest BCUT2D eigenvalue weighted by atomic mass is 32.1. The summed E-state index contributed by atoms with van der Waals surface area (Å²) >= 11 is 3.80. The maximum Gasteiger partial charge on any atom is -0.00309 e. The van der Waals surface area contributed by atoms with Crippen molar-refractivity contribution in [2.75, 3.05) is 42.3 Å². The maximum absolute atomic E-state index is 3.80. The molecular formula is C6H22FN3S. The lowest BCUT2D eigenvalue weighted by Crippen LogP contribution is -1.89. The molecule has 0 fully saturated rings. The van der Waals surface area contributed by atoms with Crippen LogP contribution in [0.25, 0.3) is 0 Å². The summed E-state index contributed by atoms with van der Waals surface area (Å²) in [5.41, 5.74) is 0. The van der Waals surface area contributed by atoms with Gasteiger partial charge in [0.05, 0.1) is 0 Å². The van der Waals surface area contributed by atoms with Crippen molar-refractivity contribution in [1.82, 2.24) is 14.9 Å². The van der Waals surface area contributed by atoms with Gasteiger partial charge in [-0.3, -0.25) is 9.01 Å². The molecule has 2 N–H and O–H groups in total. The molecule has 0 aromatic rings. The van der Waals surface area contributed by atoms with E-state index in [1.807, 2.05) is 42.3 Å². The van der Waals surface area contributed by atoms with Crippen molar-refractivity contribution >= 4 is 12.8 Å². The van der Waals surface area contributed by atoms with Crippen molar-refractivity contribution in [3.63, 3.8) is 0 Å². The van der Waals surface area contributed by atoms with Gasteiger partial charge in [-0.05, 0) is 42.3 Å². The van der Waals surface area contributed by atoms with E-state index in [1.165, 1.54) is 0 Å². The molecule has 0 saturated heterocycles. The normalized spacial score (nSPS) is 6.55. The maximum atomic E-state index is 3.80. The van der Waals surface area contributed by atoms with Crippen molar-refractivity contribution in [3.05, 3.63) is 0 Å². The summed E-state index contributed by atoms with van der Waals surface area (Å²) in [7, 11) is 11.2. The molecule has 0 spiro atoms. The van der Waals surface area contributed by atoms with Gasteiger partial charge in [0.25, 0.3) is 0 Å². The second kappa shape index (κ2) is 32.0. The molecule has 0 bridgehead atoms. The van der Waals surface area contributed by atoms with E-state index in [0.717, 1.165) is 0 Å². The lowest BCUT2D eigenvalue weighted by molar-refractivity contribution is 0.714. The molecule has 0 radical (unpaired) electrons. The molecular weight excluding hydrogens is 165 g/mol. The Morgan fingerprint density at radius 1 is 0.909 bits per heavy atom. The van der Waals surface area contributed by atoms with Crippen molar-refractivity contribution in [2.24, 2.45) is 0 Å². The third-order valence-corrected chi connectivity index (χ3v) is 0. The Balaban J connectivity index is -0.0000000325. The molecule has 74 valence electrons. The van der Waals surface area contributed by atoms with Crippen LogP contribution < -0.4 is 10.6 Å². The highest BCUT2D eigenvalue weighted by Crippen LogP contribution is 1.69. The molecule has 0 rings (SSSR count). The minimum Gasteiger partial charge on any atom is -0.323 e. The number of hydrogen-bond acceptors (Lipinski definition) is 4. The molecule has 3 nitrogen and oxygen atoms in total. The van der Waals surface area contributed by atoms with Crippen LogP contribution in [0.3, 0.4) is 0 Å². The van der Waals surface area contributed by atoms with Crippen molar-refractivity contribution in [3.8, 4) is 0 Å². The predicted octanol–water partition coefficient (Wildman–Crippen LogP) is 0.217. The molecule has 0 aromatic heterocycles. The lowest BCUT2D eigenvalue weighted by Gasteiger charge is -1.88. The Kier molecular flexibility index (Phi) is 65.4. The summed E-state index contributed by atoms with van der Waals surface area (Å²) in [5.74, 6) is 0. The molecule has 0 atom stereocenters. The zero-order valence-corrected chi connectivity index (χ0v) is 9.20. The molecule has 0 aliphatic carbocycles. The zero-order valence-electron chi connectivity index (χ0n) is 8.30. The first-order valence-corrected chi connectivity index (χ1v) is 3.49. The minimum atomic E-state index is 0. The Bertz CT molecular complexity index is 34.3. The van der Waals surface area contributed by atoms with Crippen LogP contribution in [0.1, 0.15) is 0 Å². The van der Waals surface area contributed by atoms with Gasteiger partial charge >= 0.3 is 0 Å². The Labute approximate surface area is 75.5 Å². The van der Waals surface area contributed by atoms with Gasteiger partial charge in [-0.2, -0.15) is 0 Å². The SMILES string of the molecule is CN(C)S.CNC.CNC.F. The van der Waals surface area contributed by atoms with Crippen molar-refractivity contribution in [1.29, 1.82) is 0 Å². The third kappa shape index (κ3) is 26400. The van der Waals surface area contributed by atoms with Crippen molar-refractivity contribution in [2.45, 2.75) is 0 Å². The van der Waals surface area contributed by atoms with Crippen LogP contribution in [0.15, 0.2) is 0 Å². The summed E-state index contributed by atoms with van der Waals surface area (Å²) in [6.45, 7) is 0. The number of halogens is 1. The summed E-state index contributed by atoms with van der Waals surface area (Å²) in [5, 5.41) is 5.50. The average Bonchev–Trinajstić information content (AvgIpc) is 1.65. The van der Waals surface area contributed by atoms with Crippen LogP contribution in [0, 0.1) is 0 Å². The number of thiol groups is 1. The average molecular weight is 187 g/mol. The fourth-order valence-electron chi connectivity index (χ4n) is 0. The minimum absolute atomic E-state index is 0. The molecule has 0 amide bonds. The fraction of sp³-hybridized carbons (Fsp3) is 1.00. The van der Waals surface area contributed by atoms with E-state index >= 15 is 0 Å². The highest BCUT2D eigenvalue weighted by molar-refractivity contribution is 7.77. The molecule has 0 unspecified atom stereocenters. The zero-order chi connectivity index (χ0) is 8.99. The summed E-state index contributed by atoms with van der Waals surface area (Å²) in [6, 6.07) is 0. The van der Waals surface area contributed by atoms with Crippen molar-refractivity contribution < 1.29 is 4.70 Å². The standard InChI is InChI=1S/C2H7NS.2C2H7N.FH/c1-3(2)4;2*1-3-2;/h4H,1-2H3;2*3H,1-2H3;1H. The Morgan fingerprint density at radius 2 is 0.909 bits per heavy atom. The van der Waals surface area contributed by atoms with Gasteiger partial charge in [0.1, 0.15) is 0 Å². The van der Waals surface area contributed by atoms with Crippen LogP contribution >= 0.6 is 12.8 Å². The summed E-state index contributed by atoms with van der Waals surface area (Å²) in [6.07, 6.45) is 0. The molecule has 5 heteroatoms. The van der Waals surface area contributed by atoms with E-state index in [0.29, 0.717) is 0 Å². The summed E-state index contributed by atoms with van der Waals surface area (Å²) < 4.78 is 1.69. The van der Waals surface area contributed by atoms with Gasteiger partial charge in [-0.15, -0.1) is 0 Å². The second-order valence-electron chi connectivity index (χ2n) is 1.85. The van der Waals surface area contributed by atoms with Crippen LogP contribution in [0.4, 0.5) is 4.70 Å². The van der Waals surface area contributed by atoms with Crippen LogP contribution in [0.5, 0.6) is 0 Å². The lowest BCUT2D eigenvalue weighted by atomic mass is 11.3. The predicted molar refractivity (Wildman–Crippen MR) is 55.1 cm³/mol. The molecule has 0 heterocycles. The van der Waals surface area contributed by atoms with Gasteiger partial charge in [-0.25, -0.2) is 0 Å². The first-order chi connectivity index (χ1) is 4.56. The van der Waals surface area contributed by atoms with E-state index in [1.54, 1.807) is 4.31 Å². The van der Waals surface area contributed by atoms with Crippen LogP contribution in [-0.2, 0) is 0 Å². The largest absolute Gasteiger partial charge is 0.323 e. The Morgan fingerprint density at radius 3 is 0.909 bits per heavy atom. The van der Waals surface area contributed by atoms with Crippen LogP contribution in [-0.4, -0.2) is 46.6 Å². The first-order valence-electron chi connectivity index (χ1n) is 3.09. The number of nitrogens with zero attached hydrogens (tertiary/aromatic N) is 1. The number of hydrogen-bond donors (Lipinski definition) is 3. The van der Waals surface area contributed by atoms with E-state index in [9.17, 15) is 0 Å². The second-order valence-corrected chi connectivity index (χ2v) is 2.65. The van der Waals surface area contributed by atoms with Gasteiger partial charge in [-0.1, -0.05) is 12.8 Å². The Hall–Kier alpha value is 0.160. The molecule has 0 aromatic carbocycles. The van der Waals surface area contributed by atoms with Gasteiger partial charge in [0.2, 0.25) is 0 Å². The fourth-order valence-corrected chi connectivity index (χ4v) is 0. The van der Waals surface area contributed by atoms with E-state index in [-0.39, 0.29) is 4.70 Å².